The van der Waals surface area contributed by atoms with Crippen molar-refractivity contribution in [3.8, 4) is 11.5 Å². The molecule has 3 aromatic rings. The van der Waals surface area contributed by atoms with Crippen LogP contribution in [0, 0.1) is 16.0 Å². The number of ether oxygens (including phenoxy) is 2. The first kappa shape index (κ1) is 32.2. The third-order valence-electron chi connectivity index (χ3n) is 6.43. The van der Waals surface area contributed by atoms with Crippen molar-refractivity contribution in [1.82, 2.24) is 19.9 Å². The van der Waals surface area contributed by atoms with E-state index in [1.165, 1.54) is 35.3 Å². The van der Waals surface area contributed by atoms with Gasteiger partial charge < -0.3 is 29.6 Å². The predicted molar refractivity (Wildman–Crippen MR) is 149 cm³/mol. The molecule has 0 bridgehead atoms. The average molecular weight is 633 g/mol. The summed E-state index contributed by atoms with van der Waals surface area (Å²) in [5.41, 5.74) is 5.52. The third kappa shape index (κ3) is 8.23. The van der Waals surface area contributed by atoms with Crippen LogP contribution in [0.15, 0.2) is 54.9 Å². The Bertz CT molecular complexity index is 1530. The summed E-state index contributed by atoms with van der Waals surface area (Å²) < 4.78 is 37.8. The number of rotatable bonds is 15. The van der Waals surface area contributed by atoms with Gasteiger partial charge in [-0.05, 0) is 43.2 Å². The maximum absolute atomic E-state index is 14.2. The van der Waals surface area contributed by atoms with Crippen LogP contribution in [0.5, 0.6) is 11.5 Å². The molecule has 3 unspecified atom stereocenters. The molecule has 5 atom stereocenters. The lowest BCUT2D eigenvalue weighted by atomic mass is 10.0. The van der Waals surface area contributed by atoms with Gasteiger partial charge in [-0.25, -0.2) is 14.2 Å². The van der Waals surface area contributed by atoms with E-state index in [4.69, 9.17) is 24.3 Å². The summed E-state index contributed by atoms with van der Waals surface area (Å²) in [6.07, 6.45) is 0.113. The Kier molecular flexibility index (Phi) is 10.4. The second-order valence-electron chi connectivity index (χ2n) is 9.52. The molecule has 2 aromatic carbocycles. The molecule has 1 aliphatic heterocycles. The topological polar surface area (TPSA) is 237 Å². The van der Waals surface area contributed by atoms with Crippen molar-refractivity contribution in [2.24, 2.45) is 11.7 Å². The highest BCUT2D eigenvalue weighted by Gasteiger charge is 2.41. The van der Waals surface area contributed by atoms with Crippen molar-refractivity contribution >= 4 is 31.6 Å². The number of non-ortho nitro benzene ring substituents is 1. The Balaban J connectivity index is 1.57. The summed E-state index contributed by atoms with van der Waals surface area (Å²) in [5, 5.41) is 27.2. The zero-order valence-electron chi connectivity index (χ0n) is 23.3. The molecule has 17 nitrogen and oxygen atoms in total. The number of primary amides is 1. The van der Waals surface area contributed by atoms with Gasteiger partial charge in [0.1, 0.15) is 30.2 Å². The molecule has 0 aliphatic carbocycles. The number of phenols is 1. The van der Waals surface area contributed by atoms with Gasteiger partial charge in [-0.1, -0.05) is 12.1 Å². The van der Waals surface area contributed by atoms with E-state index >= 15 is 0 Å². The first-order valence-corrected chi connectivity index (χ1v) is 14.8. The minimum absolute atomic E-state index is 0.00115. The number of carbonyl (C=O) groups excluding carboxylic acids is 3. The average Bonchev–Trinajstić information content (AvgIpc) is 3.65. The van der Waals surface area contributed by atoms with Crippen LogP contribution >= 0.6 is 7.75 Å². The first-order valence-electron chi connectivity index (χ1n) is 13.2. The Morgan fingerprint density at radius 3 is 2.57 bits per heavy atom. The normalized spacial score (nSPS) is 19.9. The van der Waals surface area contributed by atoms with Crippen molar-refractivity contribution in [2.75, 3.05) is 13.2 Å². The van der Waals surface area contributed by atoms with Gasteiger partial charge >= 0.3 is 13.7 Å². The van der Waals surface area contributed by atoms with Crippen LogP contribution in [0.3, 0.4) is 0 Å². The standard InChI is InChI=1S/C26H29N6O11P/c1-2-40-26(36)21(11-16-3-7-19(34)8-4-16)30-44(39,43-20-9-5-18(6-10-20)32(37)38)41-14-22-17(13-33)12-23(42-22)31-15-28-25(29-31)24(27)35/h3-10,13,15,17,21-23,34H,2,11-12,14H2,1H3,(H2,27,35)(H,30,39)/t17?,21-,22?,23+,44?/m0/s1. The second kappa shape index (κ2) is 14.2. The lowest BCUT2D eigenvalue weighted by molar-refractivity contribution is -0.384. The summed E-state index contributed by atoms with van der Waals surface area (Å²) in [4.78, 5) is 50.4. The highest BCUT2D eigenvalue weighted by molar-refractivity contribution is 7.52. The fraction of sp³-hybridized carbons (Fsp3) is 0.346. The van der Waals surface area contributed by atoms with E-state index in [-0.39, 0.29) is 42.5 Å². The van der Waals surface area contributed by atoms with Crippen LogP contribution < -0.4 is 15.3 Å². The van der Waals surface area contributed by atoms with Gasteiger partial charge in [0.2, 0.25) is 5.82 Å². The van der Waals surface area contributed by atoms with E-state index < -0.39 is 55.4 Å². The summed E-state index contributed by atoms with van der Waals surface area (Å²) >= 11 is 0. The van der Waals surface area contributed by atoms with Crippen molar-refractivity contribution in [2.45, 2.75) is 38.1 Å². The molecule has 2 heterocycles. The second-order valence-corrected chi connectivity index (χ2v) is 11.2. The third-order valence-corrected chi connectivity index (χ3v) is 7.99. The number of nitro groups is 1. The number of nitrogens with zero attached hydrogens (tertiary/aromatic N) is 4. The Morgan fingerprint density at radius 2 is 1.98 bits per heavy atom. The highest BCUT2D eigenvalue weighted by Crippen LogP contribution is 2.47. The monoisotopic (exact) mass is 632 g/mol. The van der Waals surface area contributed by atoms with E-state index in [0.717, 1.165) is 12.1 Å². The quantitative estimate of drug-likeness (QED) is 0.0715. The van der Waals surface area contributed by atoms with Crippen molar-refractivity contribution < 1.29 is 47.5 Å². The molecule has 0 spiro atoms. The smallest absolute Gasteiger partial charge is 0.459 e. The molecule has 1 fully saturated rings. The molecule has 1 aliphatic rings. The molecular weight excluding hydrogens is 603 g/mol. The largest absolute Gasteiger partial charge is 0.508 e. The molecule has 4 rings (SSSR count). The van der Waals surface area contributed by atoms with E-state index in [2.05, 4.69) is 15.2 Å². The van der Waals surface area contributed by atoms with Crippen molar-refractivity contribution in [1.29, 1.82) is 0 Å². The van der Waals surface area contributed by atoms with Crippen LogP contribution in [0.4, 0.5) is 5.69 Å². The molecule has 0 radical (unpaired) electrons. The van der Waals surface area contributed by atoms with Crippen molar-refractivity contribution in [3.63, 3.8) is 0 Å². The minimum atomic E-state index is -4.51. The minimum Gasteiger partial charge on any atom is -0.508 e. The fourth-order valence-electron chi connectivity index (χ4n) is 4.26. The number of esters is 1. The highest BCUT2D eigenvalue weighted by atomic mass is 31.2. The zero-order valence-corrected chi connectivity index (χ0v) is 24.1. The molecule has 4 N–H and O–H groups in total. The molecule has 18 heteroatoms. The maximum Gasteiger partial charge on any atom is 0.459 e. The Labute approximate surface area is 250 Å². The fourth-order valence-corrected chi connectivity index (χ4v) is 5.76. The number of nitrogens with two attached hydrogens (primary N) is 1. The summed E-state index contributed by atoms with van der Waals surface area (Å²) in [6.45, 7) is 1.14. The number of hydrogen-bond donors (Lipinski definition) is 3. The Hall–Kier alpha value is -4.70. The van der Waals surface area contributed by atoms with Crippen LogP contribution in [0.25, 0.3) is 0 Å². The van der Waals surface area contributed by atoms with Gasteiger partial charge in [-0.3, -0.25) is 24.2 Å². The molecule has 44 heavy (non-hydrogen) atoms. The molecule has 1 amide bonds. The van der Waals surface area contributed by atoms with E-state index in [1.54, 1.807) is 19.1 Å². The van der Waals surface area contributed by atoms with E-state index in [1.807, 2.05) is 0 Å². The number of nitro benzene ring substituents is 1. The first-order chi connectivity index (χ1) is 21.0. The SMILES string of the molecule is CCOC(=O)[C@H](Cc1ccc(O)cc1)NP(=O)(OCC1O[C@@H](n2cnc(C(N)=O)n2)CC1C=O)Oc1ccc([N+](=O)[O-])cc1. The van der Waals surface area contributed by atoms with Crippen LogP contribution in [0.2, 0.25) is 0 Å². The van der Waals surface area contributed by atoms with Crippen molar-refractivity contribution in [3.05, 3.63) is 76.4 Å². The maximum atomic E-state index is 14.2. The molecule has 1 aromatic heterocycles. The lowest BCUT2D eigenvalue weighted by Gasteiger charge is -2.26. The summed E-state index contributed by atoms with van der Waals surface area (Å²) in [7, 11) is -4.51. The molecule has 0 saturated carbocycles. The molecular formula is C26H29N6O11P. The van der Waals surface area contributed by atoms with Gasteiger partial charge in [-0.15, -0.1) is 5.10 Å². The molecule has 1 saturated heterocycles. The van der Waals surface area contributed by atoms with Crippen LogP contribution in [0.1, 0.15) is 35.8 Å². The van der Waals surface area contributed by atoms with Gasteiger partial charge in [0.05, 0.1) is 24.2 Å². The van der Waals surface area contributed by atoms with Crippen LogP contribution in [-0.4, -0.2) is 68.3 Å². The number of phenolic OH excluding ortho intramolecular Hbond substituents is 1. The Morgan fingerprint density at radius 1 is 1.27 bits per heavy atom. The van der Waals surface area contributed by atoms with E-state index in [0.29, 0.717) is 11.8 Å². The predicted octanol–water partition coefficient (Wildman–Crippen LogP) is 2.06. The zero-order chi connectivity index (χ0) is 31.9. The number of aromatic nitrogens is 3. The molecule has 234 valence electrons. The van der Waals surface area contributed by atoms with Gasteiger partial charge in [-0.2, -0.15) is 5.09 Å². The number of nitrogens with one attached hydrogen (secondary N) is 1. The lowest BCUT2D eigenvalue weighted by Crippen LogP contribution is -2.40. The van der Waals surface area contributed by atoms with Gasteiger partial charge in [0, 0.05) is 24.5 Å². The number of hydrogen-bond acceptors (Lipinski definition) is 13. The number of carbonyl (C=O) groups is 3. The number of aldehydes is 1. The van der Waals surface area contributed by atoms with Gasteiger partial charge in [0.15, 0.2) is 6.23 Å². The summed E-state index contributed by atoms with van der Waals surface area (Å²) in [5.74, 6) is -2.73. The van der Waals surface area contributed by atoms with Crippen LogP contribution in [-0.2, 0) is 34.6 Å². The number of benzene rings is 2. The number of aromatic hydroxyl groups is 1. The van der Waals surface area contributed by atoms with Gasteiger partial charge in [0.25, 0.3) is 11.6 Å². The summed E-state index contributed by atoms with van der Waals surface area (Å²) in [6, 6.07) is 9.33. The van der Waals surface area contributed by atoms with E-state index in [9.17, 15) is 34.2 Å². The number of amides is 1.